The number of nitrogens with one attached hydrogen (secondary N) is 1. The zero-order valence-electron chi connectivity index (χ0n) is 32.0. The molecule has 5 rings (SSSR count). The van der Waals surface area contributed by atoms with Crippen molar-refractivity contribution in [1.82, 2.24) is 5.43 Å². The third kappa shape index (κ3) is 8.26. The van der Waals surface area contributed by atoms with Crippen LogP contribution in [0.3, 0.4) is 0 Å². The van der Waals surface area contributed by atoms with Gasteiger partial charge in [-0.1, -0.05) is 13.8 Å². The van der Waals surface area contributed by atoms with Gasteiger partial charge in [0.05, 0.1) is 19.4 Å². The summed E-state index contributed by atoms with van der Waals surface area (Å²) in [5.74, 6) is -3.56. The molecular weight excluding hydrogens is 710 g/mol. The maximum Gasteiger partial charge on any atom is 0.339 e. The van der Waals surface area contributed by atoms with Crippen molar-refractivity contribution < 1.29 is 66.7 Å². The van der Waals surface area contributed by atoms with E-state index in [0.717, 1.165) is 66.4 Å². The predicted molar refractivity (Wildman–Crippen MR) is 185 cm³/mol. The maximum absolute atomic E-state index is 14.4. The second-order valence-corrected chi connectivity index (χ2v) is 15.9. The highest BCUT2D eigenvalue weighted by Gasteiger charge is 2.64. The van der Waals surface area contributed by atoms with Gasteiger partial charge in [0.1, 0.15) is 11.9 Å². The van der Waals surface area contributed by atoms with Gasteiger partial charge in [-0.3, -0.25) is 24.0 Å². The number of hydrogen-bond acceptors (Lipinski definition) is 15. The molecule has 0 aromatic carbocycles. The smallest absolute Gasteiger partial charge is 0.339 e. The molecule has 0 unspecified atom stereocenters. The molecule has 0 aromatic rings. The fourth-order valence-electron chi connectivity index (χ4n) is 10.6. The molecule has 4 saturated carbocycles. The minimum Gasteiger partial charge on any atom is -0.467 e. The number of ketones is 1. The van der Waals surface area contributed by atoms with E-state index < -0.39 is 66.0 Å². The summed E-state index contributed by atoms with van der Waals surface area (Å²) in [5, 5.41) is 4.35. The van der Waals surface area contributed by atoms with E-state index >= 15 is 0 Å². The number of hydrazone groups is 1. The van der Waals surface area contributed by atoms with Crippen molar-refractivity contribution in [3.05, 3.63) is 0 Å². The second kappa shape index (κ2) is 16.3. The minimum absolute atomic E-state index is 0.123. The lowest BCUT2D eigenvalue weighted by Gasteiger charge is -2.60. The molecule has 4 aliphatic carbocycles. The number of rotatable bonds is 10. The van der Waals surface area contributed by atoms with Crippen molar-refractivity contribution in [3.63, 3.8) is 0 Å². The summed E-state index contributed by atoms with van der Waals surface area (Å²) in [6.07, 6.45) is -2.33. The summed E-state index contributed by atoms with van der Waals surface area (Å²) in [5.41, 5.74) is 7.26. The number of methoxy groups -OCH3 is 1. The SMILES string of the molecule is COC(=O)[C@@H]1O[C@H](OC/C(=N\NC(N)=O)[C@@H]2CC[C@@H]3[C@@H]4CC[C@@H]5C[C@H](OC(C)=O)CC[C@]5(C)[C@H]4C(=O)C[C@@]32C)[C@@H](OC(C)=O)[C@H](OC(C)=O)[C@H]1OC(C)=O. The third-order valence-electron chi connectivity index (χ3n) is 12.6. The molecule has 2 amide bonds. The molecule has 0 spiro atoms. The van der Waals surface area contributed by atoms with E-state index in [4.69, 9.17) is 38.9 Å². The van der Waals surface area contributed by atoms with E-state index in [9.17, 15) is 33.6 Å². The lowest BCUT2D eigenvalue weighted by molar-refractivity contribution is -0.298. The van der Waals surface area contributed by atoms with Crippen LogP contribution in [0, 0.1) is 40.4 Å². The first-order chi connectivity index (χ1) is 25.4. The third-order valence-corrected chi connectivity index (χ3v) is 12.6. The predicted octanol–water partition coefficient (Wildman–Crippen LogP) is 2.49. The van der Waals surface area contributed by atoms with E-state index in [1.54, 1.807) is 0 Å². The Labute approximate surface area is 314 Å². The van der Waals surface area contributed by atoms with Crippen molar-refractivity contribution in [1.29, 1.82) is 0 Å². The summed E-state index contributed by atoms with van der Waals surface area (Å²) in [6.45, 7) is 8.63. The Balaban J connectivity index is 1.42. The van der Waals surface area contributed by atoms with E-state index in [1.165, 1.54) is 6.92 Å². The van der Waals surface area contributed by atoms with Gasteiger partial charge in [0.15, 0.2) is 30.7 Å². The topological polar surface area (TPSA) is 235 Å². The van der Waals surface area contributed by atoms with Crippen molar-refractivity contribution in [2.75, 3.05) is 13.7 Å². The number of primary amides is 1. The molecule has 1 heterocycles. The Morgan fingerprint density at radius 3 is 2.07 bits per heavy atom. The first-order valence-corrected chi connectivity index (χ1v) is 18.6. The average Bonchev–Trinajstić information content (AvgIpc) is 3.41. The zero-order valence-corrected chi connectivity index (χ0v) is 32.0. The standard InChI is InChI=1S/C37H53N3O14/c1-17(41)50-22-12-13-36(5)21(14-22)8-9-23-24-10-11-25(37(24,6)15-27(45)28(23)36)26(39-40-35(38)47)16-49-34-32(53-20(4)44)30(52-19(3)43)29(51-18(2)42)31(54-34)33(46)48-7/h21-25,28-32,34H,8-16H2,1-7H3,(H3,38,40,47)/b39-26+/t21-,22-,23+,24-,25+,28-,29-,30-,31-,32+,34+,36+,37+/m1/s1. The highest BCUT2D eigenvalue weighted by atomic mass is 16.7. The van der Waals surface area contributed by atoms with E-state index in [1.807, 2.05) is 0 Å². The van der Waals surface area contributed by atoms with Gasteiger partial charge < -0.3 is 38.9 Å². The molecule has 5 fully saturated rings. The fourth-order valence-corrected chi connectivity index (χ4v) is 10.6. The highest BCUT2D eigenvalue weighted by molar-refractivity contribution is 5.92. The van der Waals surface area contributed by atoms with Gasteiger partial charge in [-0.25, -0.2) is 15.0 Å². The zero-order chi connectivity index (χ0) is 39.7. The van der Waals surface area contributed by atoms with Gasteiger partial charge in [-0.05, 0) is 73.5 Å². The Bertz CT molecular complexity index is 1550. The Kier molecular flexibility index (Phi) is 12.4. The van der Waals surface area contributed by atoms with Gasteiger partial charge in [-0.2, -0.15) is 5.10 Å². The fraction of sp³-hybridized carbons (Fsp3) is 0.784. The number of fused-ring (bicyclic) bond motifs is 5. The van der Waals surface area contributed by atoms with Crippen LogP contribution in [0.2, 0.25) is 0 Å². The number of nitrogens with zero attached hydrogens (tertiary/aromatic N) is 1. The van der Waals surface area contributed by atoms with Crippen LogP contribution in [0.25, 0.3) is 0 Å². The average molecular weight is 764 g/mol. The molecule has 5 aliphatic rings. The van der Waals surface area contributed by atoms with Crippen LogP contribution in [0.1, 0.15) is 92.9 Å². The Hall–Kier alpha value is -4.12. The lowest BCUT2D eigenvalue weighted by atomic mass is 9.44. The van der Waals surface area contributed by atoms with Gasteiger partial charge in [0, 0.05) is 46.0 Å². The van der Waals surface area contributed by atoms with Crippen LogP contribution in [-0.2, 0) is 61.9 Å². The number of urea groups is 1. The quantitative estimate of drug-likeness (QED) is 0.141. The van der Waals surface area contributed by atoms with Crippen molar-refractivity contribution in [2.45, 2.75) is 130 Å². The summed E-state index contributed by atoms with van der Waals surface area (Å²) in [6, 6.07) is -0.931. The monoisotopic (exact) mass is 763 g/mol. The molecule has 3 N–H and O–H groups in total. The number of amides is 2. The first kappa shape index (κ1) is 41.1. The molecule has 300 valence electrons. The summed E-state index contributed by atoms with van der Waals surface area (Å²) >= 11 is 0. The van der Waals surface area contributed by atoms with Crippen LogP contribution < -0.4 is 11.2 Å². The van der Waals surface area contributed by atoms with Crippen LogP contribution in [0.5, 0.6) is 0 Å². The molecule has 17 heteroatoms. The van der Waals surface area contributed by atoms with E-state index in [0.29, 0.717) is 12.1 Å². The largest absolute Gasteiger partial charge is 0.467 e. The van der Waals surface area contributed by atoms with Crippen LogP contribution in [0.4, 0.5) is 4.79 Å². The summed E-state index contributed by atoms with van der Waals surface area (Å²) in [7, 11) is 1.08. The second-order valence-electron chi connectivity index (χ2n) is 15.9. The number of esters is 5. The first-order valence-electron chi connectivity index (χ1n) is 18.6. The summed E-state index contributed by atoms with van der Waals surface area (Å²) in [4.78, 5) is 87.6. The number of Topliss-reactive ketones (excluding diaryl/α,β-unsaturated/α-hetero) is 1. The van der Waals surface area contributed by atoms with E-state index in [2.05, 4.69) is 24.4 Å². The van der Waals surface area contributed by atoms with Gasteiger partial charge in [0.2, 0.25) is 0 Å². The number of carbonyl (C=O) groups is 7. The molecule has 0 bridgehead atoms. The Morgan fingerprint density at radius 2 is 1.46 bits per heavy atom. The number of carbonyl (C=O) groups excluding carboxylic acids is 7. The van der Waals surface area contributed by atoms with Crippen LogP contribution in [-0.4, -0.2) is 97.9 Å². The van der Waals surface area contributed by atoms with Crippen LogP contribution >= 0.6 is 0 Å². The molecule has 1 saturated heterocycles. The van der Waals surface area contributed by atoms with Crippen molar-refractivity contribution in [2.24, 2.45) is 51.3 Å². The molecule has 1 aliphatic heterocycles. The molecular formula is C37H53N3O14. The number of nitrogens with two attached hydrogens (primary N) is 1. The normalized spacial score (nSPS) is 38.8. The van der Waals surface area contributed by atoms with Gasteiger partial charge >= 0.3 is 35.9 Å². The van der Waals surface area contributed by atoms with Gasteiger partial charge in [0.25, 0.3) is 0 Å². The molecule has 13 atom stereocenters. The number of ether oxygens (including phenoxy) is 7. The molecule has 17 nitrogen and oxygen atoms in total. The maximum atomic E-state index is 14.4. The molecule has 0 radical (unpaired) electrons. The Morgan fingerprint density at radius 1 is 0.833 bits per heavy atom. The minimum atomic E-state index is -1.66. The molecule has 54 heavy (non-hydrogen) atoms. The summed E-state index contributed by atoms with van der Waals surface area (Å²) < 4.78 is 38.9. The molecule has 0 aromatic heterocycles. The highest BCUT2D eigenvalue weighted by Crippen LogP contribution is 2.66. The van der Waals surface area contributed by atoms with Gasteiger partial charge in [-0.15, -0.1) is 0 Å². The van der Waals surface area contributed by atoms with Crippen molar-refractivity contribution in [3.8, 4) is 0 Å². The lowest BCUT2D eigenvalue weighted by Crippen LogP contribution is -2.64. The van der Waals surface area contributed by atoms with Crippen molar-refractivity contribution >= 4 is 47.4 Å². The number of hydrogen-bond donors (Lipinski definition) is 2. The van der Waals surface area contributed by atoms with Crippen LogP contribution in [0.15, 0.2) is 5.10 Å². The van der Waals surface area contributed by atoms with E-state index in [-0.39, 0.29) is 65.9 Å².